The molecule has 0 saturated heterocycles. The van der Waals surface area contributed by atoms with Gasteiger partial charge in [-0.1, -0.05) is 6.07 Å². The highest BCUT2D eigenvalue weighted by Crippen LogP contribution is 2.17. The number of nitrogens with one attached hydrogen (secondary N) is 1. The Balaban J connectivity index is 1.78. The molecule has 0 aromatic carbocycles. The maximum absolute atomic E-state index is 4.55. The fourth-order valence-electron chi connectivity index (χ4n) is 1.98. The smallest absolute Gasteiger partial charge is 0.137 e. The highest BCUT2D eigenvalue weighted by atomic mass is 79.9. The van der Waals surface area contributed by atoms with Crippen LogP contribution in [0.4, 0.5) is 5.69 Å². The zero-order valence-corrected chi connectivity index (χ0v) is 12.1. The van der Waals surface area contributed by atoms with Crippen LogP contribution in [0.1, 0.15) is 11.4 Å². The van der Waals surface area contributed by atoms with Crippen molar-refractivity contribution in [2.75, 3.05) is 5.32 Å². The topological polar surface area (TPSA) is 42.2 Å². The molecule has 3 heterocycles. The number of halogens is 1. The minimum atomic E-state index is 0.686. The first-order chi connectivity index (χ1) is 9.22. The summed E-state index contributed by atoms with van der Waals surface area (Å²) in [5, 5.41) is 3.36. The third-order valence-corrected chi connectivity index (χ3v) is 3.37. The van der Waals surface area contributed by atoms with Crippen LogP contribution < -0.4 is 5.32 Å². The predicted octanol–water partition coefficient (Wildman–Crippen LogP) is 3.41. The number of hydrogen-bond acceptors (Lipinski definition) is 3. The number of aromatic nitrogens is 3. The molecule has 5 heteroatoms. The normalized spacial score (nSPS) is 10.8. The molecule has 0 radical (unpaired) electrons. The van der Waals surface area contributed by atoms with Crippen molar-refractivity contribution < 1.29 is 0 Å². The lowest BCUT2D eigenvalue weighted by atomic mass is 10.3. The van der Waals surface area contributed by atoms with Gasteiger partial charge in [0.2, 0.25) is 0 Å². The Morgan fingerprint density at radius 1 is 1.21 bits per heavy atom. The Kier molecular flexibility index (Phi) is 3.21. The molecule has 0 aliphatic carbocycles. The van der Waals surface area contributed by atoms with Crippen molar-refractivity contribution in [2.24, 2.45) is 0 Å². The standard InChI is InChI=1S/C14H13BrN4/c1-10-12(5-6-13(15)17-10)16-8-11-9-19-7-3-2-4-14(19)18-11/h2-7,9,16H,8H2,1H3. The SMILES string of the molecule is Cc1nc(Br)ccc1NCc1cn2ccccc2n1. The molecule has 3 aromatic rings. The van der Waals surface area contributed by atoms with Crippen LogP contribution >= 0.6 is 15.9 Å². The summed E-state index contributed by atoms with van der Waals surface area (Å²) in [6.07, 6.45) is 4.03. The third kappa shape index (κ3) is 2.61. The Morgan fingerprint density at radius 3 is 2.89 bits per heavy atom. The molecule has 0 spiro atoms. The van der Waals surface area contributed by atoms with Crippen molar-refractivity contribution in [1.82, 2.24) is 14.4 Å². The van der Waals surface area contributed by atoms with E-state index < -0.39 is 0 Å². The number of nitrogens with zero attached hydrogens (tertiary/aromatic N) is 3. The molecule has 0 saturated carbocycles. The number of aryl methyl sites for hydroxylation is 1. The minimum absolute atomic E-state index is 0.686. The van der Waals surface area contributed by atoms with Crippen LogP contribution in [0.15, 0.2) is 47.3 Å². The van der Waals surface area contributed by atoms with E-state index in [2.05, 4.69) is 31.2 Å². The molecule has 3 aromatic heterocycles. The lowest BCUT2D eigenvalue weighted by Gasteiger charge is -2.07. The molecule has 4 nitrogen and oxygen atoms in total. The van der Waals surface area contributed by atoms with E-state index in [0.717, 1.165) is 27.3 Å². The van der Waals surface area contributed by atoms with Crippen molar-refractivity contribution in [2.45, 2.75) is 13.5 Å². The number of pyridine rings is 2. The van der Waals surface area contributed by atoms with E-state index in [1.165, 1.54) is 0 Å². The van der Waals surface area contributed by atoms with Crippen LogP contribution in [-0.4, -0.2) is 14.4 Å². The van der Waals surface area contributed by atoms with Gasteiger partial charge < -0.3 is 9.72 Å². The second-order valence-electron chi connectivity index (χ2n) is 4.32. The summed E-state index contributed by atoms with van der Waals surface area (Å²) in [4.78, 5) is 8.90. The first-order valence-electron chi connectivity index (χ1n) is 6.02. The lowest BCUT2D eigenvalue weighted by Crippen LogP contribution is -2.02. The molecule has 0 amide bonds. The molecule has 0 aliphatic rings. The summed E-state index contributed by atoms with van der Waals surface area (Å²) < 4.78 is 2.87. The quantitative estimate of drug-likeness (QED) is 0.753. The summed E-state index contributed by atoms with van der Waals surface area (Å²) in [6.45, 7) is 2.67. The predicted molar refractivity (Wildman–Crippen MR) is 79.2 cm³/mol. The van der Waals surface area contributed by atoms with Gasteiger partial charge in [-0.15, -0.1) is 0 Å². The van der Waals surface area contributed by atoms with Gasteiger partial charge in [0, 0.05) is 12.4 Å². The van der Waals surface area contributed by atoms with Crippen LogP contribution in [0, 0.1) is 6.92 Å². The van der Waals surface area contributed by atoms with Gasteiger partial charge in [0.1, 0.15) is 10.3 Å². The number of hydrogen-bond donors (Lipinski definition) is 1. The van der Waals surface area contributed by atoms with Crippen molar-refractivity contribution in [3.63, 3.8) is 0 Å². The van der Waals surface area contributed by atoms with Gasteiger partial charge in [0.05, 0.1) is 23.6 Å². The fourth-order valence-corrected chi connectivity index (χ4v) is 2.37. The second-order valence-corrected chi connectivity index (χ2v) is 5.13. The molecule has 0 unspecified atom stereocenters. The molecule has 0 bridgehead atoms. The monoisotopic (exact) mass is 316 g/mol. The second kappa shape index (κ2) is 5.01. The summed E-state index contributed by atoms with van der Waals surface area (Å²) >= 11 is 3.36. The Hall–Kier alpha value is -1.88. The Bertz CT molecular complexity index is 687. The summed E-state index contributed by atoms with van der Waals surface area (Å²) in [7, 11) is 0. The first-order valence-corrected chi connectivity index (χ1v) is 6.81. The number of imidazole rings is 1. The summed E-state index contributed by atoms with van der Waals surface area (Å²) in [5.41, 5.74) is 3.97. The van der Waals surface area contributed by atoms with E-state index in [1.54, 1.807) is 0 Å². The van der Waals surface area contributed by atoms with Crippen LogP contribution in [-0.2, 0) is 6.54 Å². The van der Waals surface area contributed by atoms with Gasteiger partial charge in [-0.25, -0.2) is 9.97 Å². The molecule has 96 valence electrons. The van der Waals surface area contributed by atoms with Gasteiger partial charge in [-0.05, 0) is 47.1 Å². The number of anilines is 1. The van der Waals surface area contributed by atoms with Crippen LogP contribution in [0.2, 0.25) is 0 Å². The molecule has 0 aliphatic heterocycles. The maximum Gasteiger partial charge on any atom is 0.137 e. The van der Waals surface area contributed by atoms with Crippen molar-refractivity contribution in [1.29, 1.82) is 0 Å². The van der Waals surface area contributed by atoms with Crippen LogP contribution in [0.25, 0.3) is 5.65 Å². The van der Waals surface area contributed by atoms with Crippen LogP contribution in [0.3, 0.4) is 0 Å². The Labute approximate surface area is 119 Å². The molecule has 1 N–H and O–H groups in total. The van der Waals surface area contributed by atoms with Gasteiger partial charge in [-0.2, -0.15) is 0 Å². The van der Waals surface area contributed by atoms with E-state index in [9.17, 15) is 0 Å². The highest BCUT2D eigenvalue weighted by molar-refractivity contribution is 9.10. The first kappa shape index (κ1) is 12.2. The zero-order valence-electron chi connectivity index (χ0n) is 10.5. The number of rotatable bonds is 3. The third-order valence-electron chi connectivity index (χ3n) is 2.93. The van der Waals surface area contributed by atoms with Crippen molar-refractivity contribution in [3.8, 4) is 0 Å². The molecule has 0 fully saturated rings. The molecule has 3 rings (SSSR count). The van der Waals surface area contributed by atoms with E-state index in [4.69, 9.17) is 0 Å². The largest absolute Gasteiger partial charge is 0.378 e. The van der Waals surface area contributed by atoms with Crippen LogP contribution in [0.5, 0.6) is 0 Å². The van der Waals surface area contributed by atoms with Gasteiger partial charge in [0.25, 0.3) is 0 Å². The molecule has 0 atom stereocenters. The number of fused-ring (bicyclic) bond motifs is 1. The maximum atomic E-state index is 4.55. The molecule has 19 heavy (non-hydrogen) atoms. The summed E-state index contributed by atoms with van der Waals surface area (Å²) in [5.74, 6) is 0. The lowest BCUT2D eigenvalue weighted by molar-refractivity contribution is 1.05. The average Bonchev–Trinajstić information content (AvgIpc) is 2.80. The van der Waals surface area contributed by atoms with Crippen molar-refractivity contribution in [3.05, 3.63) is 58.7 Å². The average molecular weight is 317 g/mol. The van der Waals surface area contributed by atoms with E-state index in [-0.39, 0.29) is 0 Å². The molecular weight excluding hydrogens is 304 g/mol. The zero-order chi connectivity index (χ0) is 13.2. The highest BCUT2D eigenvalue weighted by Gasteiger charge is 2.03. The summed E-state index contributed by atoms with van der Waals surface area (Å²) in [6, 6.07) is 9.92. The molecular formula is C14H13BrN4. The van der Waals surface area contributed by atoms with Crippen molar-refractivity contribution >= 4 is 27.3 Å². The van der Waals surface area contributed by atoms with Gasteiger partial charge >= 0.3 is 0 Å². The van der Waals surface area contributed by atoms with Gasteiger partial charge in [0.15, 0.2) is 0 Å². The van der Waals surface area contributed by atoms with Gasteiger partial charge in [-0.3, -0.25) is 0 Å². The fraction of sp³-hybridized carbons (Fsp3) is 0.143. The van der Waals surface area contributed by atoms with E-state index >= 15 is 0 Å². The Morgan fingerprint density at radius 2 is 2.11 bits per heavy atom. The minimum Gasteiger partial charge on any atom is -0.378 e. The van der Waals surface area contributed by atoms with E-state index in [1.807, 2.05) is 54.0 Å². The van der Waals surface area contributed by atoms with E-state index in [0.29, 0.717) is 6.54 Å².